The summed E-state index contributed by atoms with van der Waals surface area (Å²) in [6.45, 7) is 1.49. The predicted molar refractivity (Wildman–Crippen MR) is 134 cm³/mol. The van der Waals surface area contributed by atoms with Crippen LogP contribution in [0.2, 0.25) is 0 Å². The van der Waals surface area contributed by atoms with Gasteiger partial charge in [-0.15, -0.1) is 0 Å². The van der Waals surface area contributed by atoms with Crippen molar-refractivity contribution in [3.8, 4) is 11.3 Å². The number of halogens is 3. The number of rotatable bonds is 6. The molecule has 0 bridgehead atoms. The Kier molecular flexibility index (Phi) is 5.40. The standard InChI is InChI=1S/C28H24F3N3O3/c1-33-15-22(27(35)36)19-11-9-18(12-24(19)33)34-13-16(14-34)6-10-21-25(32-37-26(21)17-7-8-17)20-4-2-3-5-23(20)28(29,30)31/h2-6,9-12,15-17H,7-8,13-14H2,1H3,(H,35,36)/b10-6+. The Balaban J connectivity index is 1.24. The van der Waals surface area contributed by atoms with Crippen molar-refractivity contribution in [2.75, 3.05) is 18.0 Å². The van der Waals surface area contributed by atoms with Crippen molar-refractivity contribution in [1.82, 2.24) is 9.72 Å². The summed E-state index contributed by atoms with van der Waals surface area (Å²) in [7, 11) is 1.82. The number of hydrogen-bond acceptors (Lipinski definition) is 4. The molecular weight excluding hydrogens is 483 g/mol. The van der Waals surface area contributed by atoms with Gasteiger partial charge in [-0.25, -0.2) is 4.79 Å². The number of nitrogens with zero attached hydrogens (tertiary/aromatic N) is 3. The number of carbonyl (C=O) groups is 1. The van der Waals surface area contributed by atoms with Crippen molar-refractivity contribution in [3.05, 3.63) is 77.2 Å². The first-order valence-electron chi connectivity index (χ1n) is 12.1. The quantitative estimate of drug-likeness (QED) is 0.319. The number of carboxylic acids is 1. The molecule has 4 aromatic rings. The first-order chi connectivity index (χ1) is 17.7. The Labute approximate surface area is 210 Å². The molecule has 1 aliphatic heterocycles. The number of aryl methyl sites for hydroxylation is 1. The molecule has 1 saturated heterocycles. The van der Waals surface area contributed by atoms with Gasteiger partial charge in [-0.2, -0.15) is 13.2 Å². The van der Waals surface area contributed by atoms with E-state index in [-0.39, 0.29) is 28.7 Å². The lowest BCUT2D eigenvalue weighted by Crippen LogP contribution is -2.45. The van der Waals surface area contributed by atoms with Crippen LogP contribution in [0.5, 0.6) is 0 Å². The molecule has 6 nitrogen and oxygen atoms in total. The number of carboxylic acid groups (broad SMARTS) is 1. The van der Waals surface area contributed by atoms with Gasteiger partial charge in [0.1, 0.15) is 11.5 Å². The number of benzene rings is 2. The van der Waals surface area contributed by atoms with Crippen LogP contribution in [0.4, 0.5) is 18.9 Å². The summed E-state index contributed by atoms with van der Waals surface area (Å²) in [5, 5.41) is 14.2. The van der Waals surface area contributed by atoms with Gasteiger partial charge in [0.25, 0.3) is 0 Å². The van der Waals surface area contributed by atoms with Crippen LogP contribution in [0.1, 0.15) is 46.0 Å². The van der Waals surface area contributed by atoms with Gasteiger partial charge in [-0.3, -0.25) is 0 Å². The maximum atomic E-state index is 13.7. The largest absolute Gasteiger partial charge is 0.478 e. The van der Waals surface area contributed by atoms with E-state index in [0.717, 1.165) is 43.2 Å². The smallest absolute Gasteiger partial charge is 0.417 e. The first-order valence-corrected chi connectivity index (χ1v) is 12.1. The molecule has 37 heavy (non-hydrogen) atoms. The Morgan fingerprint density at radius 3 is 2.62 bits per heavy atom. The predicted octanol–water partition coefficient (Wildman–Crippen LogP) is 6.58. The summed E-state index contributed by atoms with van der Waals surface area (Å²) < 4.78 is 48.4. The molecule has 0 unspecified atom stereocenters. The Hall–Kier alpha value is -4.01. The third-order valence-corrected chi connectivity index (χ3v) is 7.21. The zero-order valence-corrected chi connectivity index (χ0v) is 20.0. The molecule has 0 atom stereocenters. The van der Waals surface area contributed by atoms with Gasteiger partial charge in [0.2, 0.25) is 0 Å². The molecule has 9 heteroatoms. The number of aromatic nitrogens is 2. The van der Waals surface area contributed by atoms with Crippen LogP contribution in [-0.4, -0.2) is 33.9 Å². The number of hydrogen-bond donors (Lipinski definition) is 1. The molecule has 3 heterocycles. The van der Waals surface area contributed by atoms with E-state index in [1.165, 1.54) is 12.1 Å². The lowest BCUT2D eigenvalue weighted by atomic mass is 9.95. The average molecular weight is 508 g/mol. The molecule has 0 radical (unpaired) electrons. The molecule has 2 fully saturated rings. The summed E-state index contributed by atoms with van der Waals surface area (Å²) in [6, 6.07) is 11.2. The van der Waals surface area contributed by atoms with E-state index in [4.69, 9.17) is 4.52 Å². The van der Waals surface area contributed by atoms with E-state index in [9.17, 15) is 23.1 Å². The topological polar surface area (TPSA) is 71.5 Å². The average Bonchev–Trinajstić information content (AvgIpc) is 3.51. The van der Waals surface area contributed by atoms with Crippen molar-refractivity contribution in [2.45, 2.75) is 24.9 Å². The molecule has 2 aliphatic rings. The van der Waals surface area contributed by atoms with Gasteiger partial charge in [0, 0.05) is 60.4 Å². The molecular formula is C28H24F3N3O3. The summed E-state index contributed by atoms with van der Waals surface area (Å²) in [5.74, 6) is 0.114. The minimum atomic E-state index is -4.49. The van der Waals surface area contributed by atoms with E-state index in [1.807, 2.05) is 42.0 Å². The SMILES string of the molecule is Cn1cc(C(=O)O)c2ccc(N3CC(/C=C/c4c(-c5ccccc5C(F)(F)F)noc4C4CC4)C3)cc21. The van der Waals surface area contributed by atoms with Crippen LogP contribution in [-0.2, 0) is 13.2 Å². The maximum absolute atomic E-state index is 13.7. The van der Waals surface area contributed by atoms with E-state index in [1.54, 1.807) is 12.3 Å². The summed E-state index contributed by atoms with van der Waals surface area (Å²) in [4.78, 5) is 13.7. The fourth-order valence-electron chi connectivity index (χ4n) is 5.06. The van der Waals surface area contributed by atoms with Crippen LogP contribution < -0.4 is 4.90 Å². The summed E-state index contributed by atoms with van der Waals surface area (Å²) >= 11 is 0. The van der Waals surface area contributed by atoms with Crippen molar-refractivity contribution in [1.29, 1.82) is 0 Å². The number of anilines is 1. The fraction of sp³-hybridized carbons (Fsp3) is 0.286. The molecule has 190 valence electrons. The van der Waals surface area contributed by atoms with E-state index in [0.29, 0.717) is 16.7 Å². The van der Waals surface area contributed by atoms with E-state index < -0.39 is 17.7 Å². The van der Waals surface area contributed by atoms with Crippen LogP contribution in [0, 0.1) is 5.92 Å². The van der Waals surface area contributed by atoms with Gasteiger partial charge in [0.05, 0.1) is 16.6 Å². The normalized spacial score (nSPS) is 16.6. The lowest BCUT2D eigenvalue weighted by molar-refractivity contribution is -0.137. The van der Waals surface area contributed by atoms with Gasteiger partial charge >= 0.3 is 12.1 Å². The van der Waals surface area contributed by atoms with Crippen LogP contribution in [0.25, 0.3) is 28.2 Å². The minimum Gasteiger partial charge on any atom is -0.478 e. The number of aromatic carboxylic acids is 1. The molecule has 1 N–H and O–H groups in total. The first kappa shape index (κ1) is 23.4. The maximum Gasteiger partial charge on any atom is 0.417 e. The van der Waals surface area contributed by atoms with E-state index in [2.05, 4.69) is 10.1 Å². The molecule has 2 aromatic carbocycles. The second-order valence-corrected chi connectivity index (χ2v) is 9.81. The molecule has 1 aliphatic carbocycles. The van der Waals surface area contributed by atoms with Crippen LogP contribution >= 0.6 is 0 Å². The number of fused-ring (bicyclic) bond motifs is 1. The van der Waals surface area contributed by atoms with Gasteiger partial charge < -0.3 is 19.1 Å². The van der Waals surface area contributed by atoms with Gasteiger partial charge in [-0.1, -0.05) is 35.5 Å². The summed E-state index contributed by atoms with van der Waals surface area (Å²) in [5.41, 5.74) is 2.28. The van der Waals surface area contributed by atoms with Crippen molar-refractivity contribution < 1.29 is 27.6 Å². The zero-order valence-electron chi connectivity index (χ0n) is 20.0. The highest BCUT2D eigenvalue weighted by Gasteiger charge is 2.37. The molecule has 1 saturated carbocycles. The Morgan fingerprint density at radius 1 is 1.16 bits per heavy atom. The third kappa shape index (κ3) is 4.18. The number of alkyl halides is 3. The van der Waals surface area contributed by atoms with Crippen molar-refractivity contribution >= 4 is 28.6 Å². The highest BCUT2D eigenvalue weighted by atomic mass is 19.4. The van der Waals surface area contributed by atoms with Crippen LogP contribution in [0.15, 0.2) is 59.3 Å². The van der Waals surface area contributed by atoms with Crippen molar-refractivity contribution in [2.24, 2.45) is 13.0 Å². The van der Waals surface area contributed by atoms with Gasteiger partial charge in [0.15, 0.2) is 0 Å². The lowest BCUT2D eigenvalue weighted by Gasteiger charge is -2.39. The van der Waals surface area contributed by atoms with Gasteiger partial charge in [-0.05, 0) is 37.1 Å². The molecule has 0 amide bonds. The monoisotopic (exact) mass is 507 g/mol. The third-order valence-electron chi connectivity index (χ3n) is 7.21. The molecule has 6 rings (SSSR count). The zero-order chi connectivity index (χ0) is 25.9. The fourth-order valence-corrected chi connectivity index (χ4v) is 5.06. The van der Waals surface area contributed by atoms with Crippen LogP contribution in [0.3, 0.4) is 0 Å². The Morgan fingerprint density at radius 2 is 1.92 bits per heavy atom. The van der Waals surface area contributed by atoms with E-state index >= 15 is 0 Å². The molecule has 0 spiro atoms. The van der Waals surface area contributed by atoms with Crippen molar-refractivity contribution in [3.63, 3.8) is 0 Å². The second-order valence-electron chi connectivity index (χ2n) is 9.81. The highest BCUT2D eigenvalue weighted by molar-refractivity contribution is 6.04. The summed E-state index contributed by atoms with van der Waals surface area (Å²) in [6.07, 6.45) is 2.91. The molecule has 2 aromatic heterocycles. The second kappa shape index (κ2) is 8.54. The minimum absolute atomic E-state index is 0.0251. The highest BCUT2D eigenvalue weighted by Crippen LogP contribution is 2.46. The Bertz CT molecular complexity index is 1540.